The number of benzene rings is 1. The maximum absolute atomic E-state index is 13.5. The molecular formula is C13H15BrF2. The van der Waals surface area contributed by atoms with Gasteiger partial charge in [0.05, 0.1) is 0 Å². The van der Waals surface area contributed by atoms with Crippen molar-refractivity contribution in [2.75, 3.05) is 0 Å². The SMILES string of the molecule is Fc1cccc(CC2CCCC(Br)C2)c1F. The Hall–Kier alpha value is -0.440. The van der Waals surface area contributed by atoms with E-state index in [0.29, 0.717) is 22.7 Å². The Morgan fingerprint density at radius 2 is 2.06 bits per heavy atom. The highest BCUT2D eigenvalue weighted by Gasteiger charge is 2.21. The standard InChI is InChI=1S/C13H15BrF2/c14-11-5-1-3-9(8-11)7-10-4-2-6-12(15)13(10)16/h2,4,6,9,11H,1,3,5,7-8H2. The zero-order valence-electron chi connectivity index (χ0n) is 9.06. The summed E-state index contributed by atoms with van der Waals surface area (Å²) in [4.78, 5) is 0.544. The predicted molar refractivity (Wildman–Crippen MR) is 64.7 cm³/mol. The minimum Gasteiger partial charge on any atom is -0.204 e. The number of alkyl halides is 1. The molecule has 2 rings (SSSR count). The first-order valence-electron chi connectivity index (χ1n) is 5.73. The summed E-state index contributed by atoms with van der Waals surface area (Å²) in [6.45, 7) is 0. The number of halogens is 3. The van der Waals surface area contributed by atoms with Crippen LogP contribution in [0.2, 0.25) is 0 Å². The van der Waals surface area contributed by atoms with E-state index < -0.39 is 11.6 Å². The molecule has 1 fully saturated rings. The Labute approximate surface area is 103 Å². The van der Waals surface area contributed by atoms with E-state index in [9.17, 15) is 8.78 Å². The van der Waals surface area contributed by atoms with Crippen LogP contribution in [0.1, 0.15) is 31.2 Å². The minimum atomic E-state index is -0.733. The van der Waals surface area contributed by atoms with E-state index in [4.69, 9.17) is 0 Å². The molecule has 0 aliphatic heterocycles. The Kier molecular flexibility index (Phi) is 3.95. The van der Waals surface area contributed by atoms with E-state index in [1.54, 1.807) is 12.1 Å². The fourth-order valence-corrected chi connectivity index (χ4v) is 3.28. The molecule has 0 N–H and O–H groups in total. The van der Waals surface area contributed by atoms with Gasteiger partial charge < -0.3 is 0 Å². The van der Waals surface area contributed by atoms with Crippen LogP contribution in [0.25, 0.3) is 0 Å². The molecule has 88 valence electrons. The maximum Gasteiger partial charge on any atom is 0.162 e. The maximum atomic E-state index is 13.5. The van der Waals surface area contributed by atoms with Crippen LogP contribution in [0.5, 0.6) is 0 Å². The Morgan fingerprint density at radius 1 is 1.25 bits per heavy atom. The van der Waals surface area contributed by atoms with Crippen molar-refractivity contribution in [2.45, 2.75) is 36.9 Å². The molecule has 3 heteroatoms. The molecule has 1 aliphatic rings. The monoisotopic (exact) mass is 288 g/mol. The average molecular weight is 289 g/mol. The van der Waals surface area contributed by atoms with Crippen molar-refractivity contribution < 1.29 is 8.78 Å². The van der Waals surface area contributed by atoms with E-state index in [1.807, 2.05) is 0 Å². The third-order valence-corrected chi connectivity index (χ3v) is 4.09. The van der Waals surface area contributed by atoms with Gasteiger partial charge in [-0.3, -0.25) is 0 Å². The van der Waals surface area contributed by atoms with E-state index in [2.05, 4.69) is 15.9 Å². The molecule has 1 aromatic carbocycles. The lowest BCUT2D eigenvalue weighted by Gasteiger charge is -2.25. The zero-order valence-corrected chi connectivity index (χ0v) is 10.6. The van der Waals surface area contributed by atoms with E-state index >= 15 is 0 Å². The zero-order chi connectivity index (χ0) is 11.5. The second-order valence-electron chi connectivity index (χ2n) is 4.55. The molecule has 0 aromatic heterocycles. The summed E-state index contributed by atoms with van der Waals surface area (Å²) in [6.07, 6.45) is 5.22. The Balaban J connectivity index is 2.05. The molecule has 0 radical (unpaired) electrons. The van der Waals surface area contributed by atoms with Crippen LogP contribution in [0.4, 0.5) is 8.78 Å². The van der Waals surface area contributed by atoms with Crippen LogP contribution in [-0.2, 0) is 6.42 Å². The highest BCUT2D eigenvalue weighted by atomic mass is 79.9. The lowest BCUT2D eigenvalue weighted by molar-refractivity contribution is 0.361. The first kappa shape index (κ1) is 12.0. The topological polar surface area (TPSA) is 0 Å². The summed E-state index contributed by atoms with van der Waals surface area (Å²) in [5, 5.41) is 0. The molecule has 16 heavy (non-hydrogen) atoms. The van der Waals surface area contributed by atoms with Gasteiger partial charge >= 0.3 is 0 Å². The first-order valence-corrected chi connectivity index (χ1v) is 6.65. The molecule has 0 nitrogen and oxygen atoms in total. The van der Waals surface area contributed by atoms with Gasteiger partial charge in [0.1, 0.15) is 0 Å². The highest BCUT2D eigenvalue weighted by molar-refractivity contribution is 9.09. The van der Waals surface area contributed by atoms with Crippen LogP contribution < -0.4 is 0 Å². The van der Waals surface area contributed by atoms with Crippen molar-refractivity contribution in [1.29, 1.82) is 0 Å². The molecule has 1 saturated carbocycles. The molecule has 0 amide bonds. The summed E-state index contributed by atoms with van der Waals surface area (Å²) < 4.78 is 26.5. The van der Waals surface area contributed by atoms with Crippen molar-refractivity contribution >= 4 is 15.9 Å². The largest absolute Gasteiger partial charge is 0.204 e. The van der Waals surface area contributed by atoms with Crippen LogP contribution in [0.3, 0.4) is 0 Å². The Morgan fingerprint density at radius 3 is 2.81 bits per heavy atom. The molecule has 2 unspecified atom stereocenters. The molecule has 0 spiro atoms. The highest BCUT2D eigenvalue weighted by Crippen LogP contribution is 2.31. The summed E-state index contributed by atoms with van der Waals surface area (Å²) in [6, 6.07) is 4.45. The van der Waals surface area contributed by atoms with Gasteiger partial charge in [0, 0.05) is 4.83 Å². The van der Waals surface area contributed by atoms with Gasteiger partial charge in [-0.15, -0.1) is 0 Å². The van der Waals surface area contributed by atoms with Crippen LogP contribution >= 0.6 is 15.9 Å². The number of hydrogen-bond acceptors (Lipinski definition) is 0. The van der Waals surface area contributed by atoms with Crippen LogP contribution in [0, 0.1) is 17.6 Å². The quantitative estimate of drug-likeness (QED) is 0.705. The smallest absolute Gasteiger partial charge is 0.162 e. The van der Waals surface area contributed by atoms with E-state index in [0.717, 1.165) is 12.8 Å². The van der Waals surface area contributed by atoms with Crippen molar-refractivity contribution in [3.63, 3.8) is 0 Å². The summed E-state index contributed by atoms with van der Waals surface area (Å²) >= 11 is 3.61. The van der Waals surface area contributed by atoms with Crippen molar-refractivity contribution in [3.8, 4) is 0 Å². The normalized spacial score (nSPS) is 25.7. The second kappa shape index (κ2) is 5.26. The van der Waals surface area contributed by atoms with Gasteiger partial charge in [0.15, 0.2) is 11.6 Å². The van der Waals surface area contributed by atoms with Gasteiger partial charge in [-0.05, 0) is 36.8 Å². The summed E-state index contributed by atoms with van der Waals surface area (Å²) in [5.74, 6) is -0.919. The minimum absolute atomic E-state index is 0.481. The van der Waals surface area contributed by atoms with Gasteiger partial charge in [-0.1, -0.05) is 40.9 Å². The first-order chi connectivity index (χ1) is 7.66. The fourth-order valence-electron chi connectivity index (χ4n) is 2.43. The Bertz CT molecular complexity index is 365. The van der Waals surface area contributed by atoms with Crippen molar-refractivity contribution in [2.24, 2.45) is 5.92 Å². The number of hydrogen-bond donors (Lipinski definition) is 0. The summed E-state index contributed by atoms with van der Waals surface area (Å²) in [7, 11) is 0. The van der Waals surface area contributed by atoms with E-state index in [1.165, 1.54) is 18.9 Å². The molecule has 0 bridgehead atoms. The van der Waals surface area contributed by atoms with Crippen molar-refractivity contribution in [1.82, 2.24) is 0 Å². The third-order valence-electron chi connectivity index (χ3n) is 3.26. The lowest BCUT2D eigenvalue weighted by Crippen LogP contribution is -2.17. The summed E-state index contributed by atoms with van der Waals surface area (Å²) in [5.41, 5.74) is 0.520. The molecule has 1 aromatic rings. The second-order valence-corrected chi connectivity index (χ2v) is 5.84. The van der Waals surface area contributed by atoms with Crippen LogP contribution in [0.15, 0.2) is 18.2 Å². The molecule has 0 saturated heterocycles. The van der Waals surface area contributed by atoms with Gasteiger partial charge in [0.2, 0.25) is 0 Å². The van der Waals surface area contributed by atoms with E-state index in [-0.39, 0.29) is 0 Å². The molecule has 0 heterocycles. The fraction of sp³-hybridized carbons (Fsp3) is 0.538. The molecular weight excluding hydrogens is 274 g/mol. The average Bonchev–Trinajstić information content (AvgIpc) is 2.25. The van der Waals surface area contributed by atoms with Crippen molar-refractivity contribution in [3.05, 3.63) is 35.4 Å². The molecule has 1 aliphatic carbocycles. The predicted octanol–water partition coefficient (Wildman–Crippen LogP) is 4.46. The van der Waals surface area contributed by atoms with Gasteiger partial charge in [-0.25, -0.2) is 8.78 Å². The third kappa shape index (κ3) is 2.82. The lowest BCUT2D eigenvalue weighted by atomic mass is 9.84. The number of rotatable bonds is 2. The van der Waals surface area contributed by atoms with Crippen LogP contribution in [-0.4, -0.2) is 4.83 Å². The van der Waals surface area contributed by atoms with Gasteiger partial charge in [-0.2, -0.15) is 0 Å². The molecule has 2 atom stereocenters. The van der Waals surface area contributed by atoms with Gasteiger partial charge in [0.25, 0.3) is 0 Å².